The van der Waals surface area contributed by atoms with E-state index in [-0.39, 0.29) is 5.75 Å². The summed E-state index contributed by atoms with van der Waals surface area (Å²) >= 11 is 0. The van der Waals surface area contributed by atoms with Crippen molar-refractivity contribution in [2.24, 2.45) is 0 Å². The fraction of sp³-hybridized carbons (Fsp3) is 0.250. The summed E-state index contributed by atoms with van der Waals surface area (Å²) in [5.74, 6) is -1.27. The first kappa shape index (κ1) is 7.98. The Morgan fingerprint density at radius 3 is 2.91 bits per heavy atom. The normalized spacial score (nSPS) is 9.73. The van der Waals surface area contributed by atoms with Crippen molar-refractivity contribution in [2.45, 2.75) is 6.92 Å². The van der Waals surface area contributed by atoms with Crippen molar-refractivity contribution < 1.29 is 13.5 Å². The van der Waals surface area contributed by atoms with Gasteiger partial charge in [0.15, 0.2) is 11.6 Å². The average Bonchev–Trinajstić information content (AvgIpc) is 1.98. The number of rotatable bonds is 2. The topological polar surface area (TPSA) is 9.23 Å². The summed E-state index contributed by atoms with van der Waals surface area (Å²) in [4.78, 5) is 0. The second kappa shape index (κ2) is 3.32. The monoisotopic (exact) mass is 157 g/mol. The van der Waals surface area contributed by atoms with Crippen molar-refractivity contribution in [1.82, 2.24) is 0 Å². The Morgan fingerprint density at radius 2 is 2.27 bits per heavy atom. The van der Waals surface area contributed by atoms with Gasteiger partial charge in [-0.1, -0.05) is 0 Å². The molecule has 0 aliphatic heterocycles. The summed E-state index contributed by atoms with van der Waals surface area (Å²) in [6, 6.07) is 3.96. The Bertz CT molecular complexity index is 248. The molecule has 1 rings (SSSR count). The summed E-state index contributed by atoms with van der Waals surface area (Å²) in [5, 5.41) is 0. The second-order valence-corrected chi connectivity index (χ2v) is 1.93. The molecule has 0 N–H and O–H groups in total. The van der Waals surface area contributed by atoms with E-state index in [9.17, 15) is 8.78 Å². The quantitative estimate of drug-likeness (QED) is 0.639. The molecule has 11 heavy (non-hydrogen) atoms. The lowest BCUT2D eigenvalue weighted by Crippen LogP contribution is -1.94. The van der Waals surface area contributed by atoms with Crippen LogP contribution < -0.4 is 4.74 Å². The van der Waals surface area contributed by atoms with Crippen LogP contribution >= 0.6 is 0 Å². The molecule has 0 fully saturated rings. The van der Waals surface area contributed by atoms with E-state index in [1.165, 1.54) is 0 Å². The number of hydrogen-bond donors (Lipinski definition) is 0. The lowest BCUT2D eigenvalue weighted by atomic mass is 10.3. The number of hydrogen-bond acceptors (Lipinski definition) is 1. The molecular formula is C8H7F2O. The number of benzene rings is 1. The Kier molecular flexibility index (Phi) is 2.41. The van der Waals surface area contributed by atoms with E-state index < -0.39 is 11.6 Å². The summed E-state index contributed by atoms with van der Waals surface area (Å²) in [5.41, 5.74) is 0. The van der Waals surface area contributed by atoms with Crippen LogP contribution in [-0.2, 0) is 0 Å². The van der Waals surface area contributed by atoms with Gasteiger partial charge in [-0.25, -0.2) is 8.78 Å². The maximum Gasteiger partial charge on any atom is 0.165 e. The minimum atomic E-state index is -0.616. The predicted molar refractivity (Wildman–Crippen MR) is 36.4 cm³/mol. The van der Waals surface area contributed by atoms with Gasteiger partial charge in [0.1, 0.15) is 5.82 Å². The fourth-order valence-electron chi connectivity index (χ4n) is 0.695. The van der Waals surface area contributed by atoms with Crippen LogP contribution in [0.2, 0.25) is 0 Å². The van der Waals surface area contributed by atoms with Crippen LogP contribution in [0.25, 0.3) is 0 Å². The van der Waals surface area contributed by atoms with E-state index >= 15 is 0 Å². The molecule has 0 aromatic heterocycles. The third kappa shape index (κ3) is 1.90. The zero-order chi connectivity index (χ0) is 8.27. The van der Waals surface area contributed by atoms with Crippen LogP contribution in [0, 0.1) is 17.7 Å². The van der Waals surface area contributed by atoms with E-state index in [0.29, 0.717) is 6.61 Å². The SMILES string of the molecule is CCOc1cc(F)[c]cc1F. The summed E-state index contributed by atoms with van der Waals surface area (Å²) in [6.07, 6.45) is 0. The Morgan fingerprint density at radius 1 is 1.55 bits per heavy atom. The van der Waals surface area contributed by atoms with Crippen LogP contribution in [0.15, 0.2) is 12.1 Å². The van der Waals surface area contributed by atoms with Crippen molar-refractivity contribution >= 4 is 0 Å². The standard InChI is InChI=1S/C8H7F2O/c1-2-11-8-5-6(9)3-4-7(8)10/h4-5H,2H2,1H3. The van der Waals surface area contributed by atoms with E-state index in [1.807, 2.05) is 0 Å². The molecule has 0 spiro atoms. The molecule has 0 aliphatic rings. The van der Waals surface area contributed by atoms with Gasteiger partial charge in [-0.05, 0) is 13.0 Å². The third-order valence-corrected chi connectivity index (χ3v) is 1.13. The van der Waals surface area contributed by atoms with Crippen LogP contribution in [-0.4, -0.2) is 6.61 Å². The highest BCUT2D eigenvalue weighted by Crippen LogP contribution is 2.16. The van der Waals surface area contributed by atoms with Crippen LogP contribution in [0.1, 0.15) is 6.92 Å². The van der Waals surface area contributed by atoms with E-state index in [1.54, 1.807) is 6.92 Å². The zero-order valence-corrected chi connectivity index (χ0v) is 6.03. The summed E-state index contributed by atoms with van der Waals surface area (Å²) < 4.78 is 29.8. The lowest BCUT2D eigenvalue weighted by molar-refractivity contribution is 0.319. The Hall–Kier alpha value is -1.12. The van der Waals surface area contributed by atoms with Crippen LogP contribution in [0.3, 0.4) is 0 Å². The molecule has 3 heteroatoms. The van der Waals surface area contributed by atoms with E-state index in [2.05, 4.69) is 6.07 Å². The largest absolute Gasteiger partial charge is 0.491 e. The van der Waals surface area contributed by atoms with Gasteiger partial charge in [-0.2, -0.15) is 0 Å². The van der Waals surface area contributed by atoms with Crippen molar-refractivity contribution in [3.63, 3.8) is 0 Å². The minimum absolute atomic E-state index is 0.0660. The molecule has 59 valence electrons. The van der Waals surface area contributed by atoms with Gasteiger partial charge in [0.05, 0.1) is 6.61 Å². The van der Waals surface area contributed by atoms with E-state index in [0.717, 1.165) is 12.1 Å². The molecule has 0 atom stereocenters. The predicted octanol–water partition coefficient (Wildman–Crippen LogP) is 2.16. The Labute approximate surface area is 63.6 Å². The molecule has 1 aromatic rings. The van der Waals surface area contributed by atoms with Gasteiger partial charge < -0.3 is 4.74 Å². The van der Waals surface area contributed by atoms with Gasteiger partial charge in [0, 0.05) is 12.1 Å². The van der Waals surface area contributed by atoms with Crippen molar-refractivity contribution in [3.05, 3.63) is 29.8 Å². The average molecular weight is 157 g/mol. The van der Waals surface area contributed by atoms with Crippen LogP contribution in [0.5, 0.6) is 5.75 Å². The van der Waals surface area contributed by atoms with E-state index in [4.69, 9.17) is 4.74 Å². The smallest absolute Gasteiger partial charge is 0.165 e. The van der Waals surface area contributed by atoms with Crippen molar-refractivity contribution in [1.29, 1.82) is 0 Å². The first-order chi connectivity index (χ1) is 5.24. The maximum atomic E-state index is 12.6. The molecule has 1 nitrogen and oxygen atoms in total. The number of halogens is 2. The molecule has 0 saturated carbocycles. The van der Waals surface area contributed by atoms with Crippen molar-refractivity contribution in [3.8, 4) is 5.75 Å². The van der Waals surface area contributed by atoms with Crippen molar-refractivity contribution in [2.75, 3.05) is 6.61 Å². The Balaban J connectivity index is 2.93. The first-order valence-electron chi connectivity index (χ1n) is 3.23. The lowest BCUT2D eigenvalue weighted by Gasteiger charge is -2.02. The molecular weight excluding hydrogens is 150 g/mol. The molecule has 0 heterocycles. The second-order valence-electron chi connectivity index (χ2n) is 1.93. The van der Waals surface area contributed by atoms with Gasteiger partial charge >= 0.3 is 0 Å². The third-order valence-electron chi connectivity index (χ3n) is 1.13. The maximum absolute atomic E-state index is 12.6. The van der Waals surface area contributed by atoms with Gasteiger partial charge in [-0.3, -0.25) is 0 Å². The molecule has 0 amide bonds. The number of ether oxygens (including phenoxy) is 1. The molecule has 0 aliphatic carbocycles. The molecule has 1 aromatic carbocycles. The minimum Gasteiger partial charge on any atom is -0.491 e. The molecule has 0 unspecified atom stereocenters. The first-order valence-corrected chi connectivity index (χ1v) is 3.23. The highest BCUT2D eigenvalue weighted by atomic mass is 19.1. The molecule has 0 bridgehead atoms. The van der Waals surface area contributed by atoms with Crippen LogP contribution in [0.4, 0.5) is 8.78 Å². The zero-order valence-electron chi connectivity index (χ0n) is 6.03. The highest BCUT2D eigenvalue weighted by Gasteiger charge is 2.02. The fourth-order valence-corrected chi connectivity index (χ4v) is 0.695. The van der Waals surface area contributed by atoms with Gasteiger partial charge in [-0.15, -0.1) is 0 Å². The highest BCUT2D eigenvalue weighted by molar-refractivity contribution is 5.23. The summed E-state index contributed by atoms with van der Waals surface area (Å²) in [6.45, 7) is 2.02. The summed E-state index contributed by atoms with van der Waals surface area (Å²) in [7, 11) is 0. The van der Waals surface area contributed by atoms with Gasteiger partial charge in [0.25, 0.3) is 0 Å². The van der Waals surface area contributed by atoms with Gasteiger partial charge in [0.2, 0.25) is 0 Å². The molecule has 1 radical (unpaired) electrons. The molecule has 0 saturated heterocycles.